The van der Waals surface area contributed by atoms with Gasteiger partial charge < -0.3 is 20.7 Å². The number of carbonyl (C=O) groups excluding carboxylic acids is 4. The van der Waals surface area contributed by atoms with Crippen LogP contribution in [0, 0.1) is 6.92 Å². The Labute approximate surface area is 194 Å². The maximum absolute atomic E-state index is 12.4. The minimum Gasteiger partial charge on any atom is -0.444 e. The fourth-order valence-electron chi connectivity index (χ4n) is 2.84. The van der Waals surface area contributed by atoms with Crippen LogP contribution in [-0.4, -0.2) is 35.8 Å². The van der Waals surface area contributed by atoms with E-state index in [0.29, 0.717) is 16.8 Å². The first-order valence-corrected chi connectivity index (χ1v) is 10.7. The summed E-state index contributed by atoms with van der Waals surface area (Å²) in [6.45, 7) is 7.07. The molecule has 0 fully saturated rings. The molecular weight excluding hydrogens is 422 g/mol. The van der Waals surface area contributed by atoms with Crippen molar-refractivity contribution < 1.29 is 23.9 Å². The molecule has 0 aromatic heterocycles. The minimum absolute atomic E-state index is 0.0488. The fourth-order valence-corrected chi connectivity index (χ4v) is 2.84. The van der Waals surface area contributed by atoms with Crippen LogP contribution in [0.5, 0.6) is 0 Å². The van der Waals surface area contributed by atoms with Crippen LogP contribution in [0.1, 0.15) is 55.1 Å². The van der Waals surface area contributed by atoms with Crippen molar-refractivity contribution in [1.29, 1.82) is 0 Å². The van der Waals surface area contributed by atoms with Crippen molar-refractivity contribution in [3.63, 3.8) is 0 Å². The van der Waals surface area contributed by atoms with Gasteiger partial charge in [0.15, 0.2) is 5.78 Å². The van der Waals surface area contributed by atoms with Crippen molar-refractivity contribution in [1.82, 2.24) is 10.6 Å². The van der Waals surface area contributed by atoms with Crippen molar-refractivity contribution in [2.24, 2.45) is 0 Å². The van der Waals surface area contributed by atoms with E-state index in [9.17, 15) is 19.2 Å². The molecule has 2 aromatic carbocycles. The molecule has 0 aliphatic heterocycles. The van der Waals surface area contributed by atoms with Gasteiger partial charge in [0.2, 0.25) is 11.8 Å². The lowest BCUT2D eigenvalue weighted by Gasteiger charge is -2.19. The Bertz CT molecular complexity index is 994. The van der Waals surface area contributed by atoms with E-state index < -0.39 is 17.6 Å². The number of anilines is 1. The highest BCUT2D eigenvalue weighted by Gasteiger charge is 2.17. The Hall–Kier alpha value is -3.68. The molecule has 0 unspecified atom stereocenters. The van der Waals surface area contributed by atoms with Gasteiger partial charge in [-0.15, -0.1) is 0 Å². The number of carbonyl (C=O) groups is 4. The van der Waals surface area contributed by atoms with Gasteiger partial charge in [-0.1, -0.05) is 48.0 Å². The Morgan fingerprint density at radius 3 is 2.18 bits per heavy atom. The smallest absolute Gasteiger partial charge is 0.408 e. The van der Waals surface area contributed by atoms with E-state index in [2.05, 4.69) is 16.0 Å². The quantitative estimate of drug-likeness (QED) is 0.501. The monoisotopic (exact) mass is 453 g/mol. The number of ketones is 1. The van der Waals surface area contributed by atoms with Crippen molar-refractivity contribution in [3.8, 4) is 0 Å². The maximum Gasteiger partial charge on any atom is 0.408 e. The van der Waals surface area contributed by atoms with E-state index in [0.717, 1.165) is 5.56 Å². The zero-order valence-electron chi connectivity index (χ0n) is 19.5. The van der Waals surface area contributed by atoms with Crippen LogP contribution < -0.4 is 16.0 Å². The largest absolute Gasteiger partial charge is 0.444 e. The highest BCUT2D eigenvalue weighted by atomic mass is 16.6. The fraction of sp³-hybridized carbons (Fsp3) is 0.360. The first-order chi connectivity index (χ1) is 15.5. The minimum atomic E-state index is -0.675. The standard InChI is InChI=1S/C25H31N3O5/c1-17-9-11-18(12-10-17)21(29)13-14-22(30)28-20-8-6-5-7-19(20)15-26-23(31)16-27-24(32)33-25(2,3)4/h5-12H,13-16H2,1-4H3,(H,26,31)(H,27,32)(H,28,30). The molecule has 2 rings (SSSR count). The van der Waals surface area contributed by atoms with E-state index >= 15 is 0 Å². The lowest BCUT2D eigenvalue weighted by molar-refractivity contribution is -0.120. The predicted octanol–water partition coefficient (Wildman–Crippen LogP) is 3.74. The van der Waals surface area contributed by atoms with Crippen LogP contribution in [-0.2, 0) is 20.9 Å². The van der Waals surface area contributed by atoms with Crippen LogP contribution in [0.25, 0.3) is 0 Å². The van der Waals surface area contributed by atoms with Crippen molar-refractivity contribution >= 4 is 29.4 Å². The van der Waals surface area contributed by atoms with Gasteiger partial charge >= 0.3 is 6.09 Å². The highest BCUT2D eigenvalue weighted by Crippen LogP contribution is 2.16. The summed E-state index contributed by atoms with van der Waals surface area (Å²) in [6.07, 6.45) is -0.525. The lowest BCUT2D eigenvalue weighted by atomic mass is 10.0. The molecule has 0 aliphatic rings. The molecule has 8 heteroatoms. The summed E-state index contributed by atoms with van der Waals surface area (Å²) in [6, 6.07) is 14.3. The van der Waals surface area contributed by atoms with Gasteiger partial charge in [0.1, 0.15) is 12.1 Å². The second kappa shape index (κ2) is 11.8. The average molecular weight is 454 g/mol. The predicted molar refractivity (Wildman–Crippen MR) is 126 cm³/mol. The molecule has 8 nitrogen and oxygen atoms in total. The summed E-state index contributed by atoms with van der Waals surface area (Å²) >= 11 is 0. The highest BCUT2D eigenvalue weighted by molar-refractivity contribution is 6.00. The molecule has 0 atom stereocenters. The van der Waals surface area contributed by atoms with E-state index in [1.807, 2.05) is 19.1 Å². The van der Waals surface area contributed by atoms with Crippen LogP contribution in [0.4, 0.5) is 10.5 Å². The van der Waals surface area contributed by atoms with Gasteiger partial charge in [0, 0.05) is 30.6 Å². The topological polar surface area (TPSA) is 114 Å². The third kappa shape index (κ3) is 9.55. The molecule has 3 amide bonds. The second-order valence-corrected chi connectivity index (χ2v) is 8.63. The molecule has 0 radical (unpaired) electrons. The number of hydrogen-bond acceptors (Lipinski definition) is 5. The molecule has 176 valence electrons. The van der Waals surface area contributed by atoms with Crippen LogP contribution in [0.2, 0.25) is 0 Å². The number of ether oxygens (including phenoxy) is 1. The summed E-state index contributed by atoms with van der Waals surface area (Å²) in [4.78, 5) is 48.3. The number of para-hydroxylation sites is 1. The summed E-state index contributed by atoms with van der Waals surface area (Å²) in [5, 5.41) is 7.88. The Balaban J connectivity index is 1.82. The zero-order valence-corrected chi connectivity index (χ0v) is 19.5. The van der Waals surface area contributed by atoms with Crippen molar-refractivity contribution in [2.75, 3.05) is 11.9 Å². The number of benzene rings is 2. The van der Waals surface area contributed by atoms with Gasteiger partial charge in [-0.25, -0.2) is 4.79 Å². The number of hydrogen-bond donors (Lipinski definition) is 3. The molecule has 0 aliphatic carbocycles. The number of nitrogens with one attached hydrogen (secondary N) is 3. The van der Waals surface area contributed by atoms with Crippen LogP contribution in [0.3, 0.4) is 0 Å². The number of amides is 3. The molecule has 0 saturated carbocycles. The van der Waals surface area contributed by atoms with Gasteiger partial charge in [-0.05, 0) is 39.3 Å². The molecule has 0 heterocycles. The average Bonchev–Trinajstić information content (AvgIpc) is 2.75. The van der Waals surface area contributed by atoms with E-state index in [4.69, 9.17) is 4.74 Å². The Kier molecular flexibility index (Phi) is 9.15. The summed E-state index contributed by atoms with van der Waals surface area (Å²) < 4.78 is 5.09. The first-order valence-electron chi connectivity index (χ1n) is 10.7. The van der Waals surface area contributed by atoms with Gasteiger partial charge in [-0.3, -0.25) is 14.4 Å². The normalized spacial score (nSPS) is 10.8. The second-order valence-electron chi connectivity index (χ2n) is 8.63. The summed E-state index contributed by atoms with van der Waals surface area (Å²) in [7, 11) is 0. The molecule has 0 spiro atoms. The van der Waals surface area contributed by atoms with Gasteiger partial charge in [-0.2, -0.15) is 0 Å². The molecule has 0 bridgehead atoms. The number of rotatable bonds is 9. The molecule has 3 N–H and O–H groups in total. The number of aryl methyl sites for hydroxylation is 1. The molecule has 33 heavy (non-hydrogen) atoms. The van der Waals surface area contributed by atoms with Crippen molar-refractivity contribution in [2.45, 2.75) is 52.7 Å². The molecule has 0 saturated heterocycles. The van der Waals surface area contributed by atoms with Crippen LogP contribution in [0.15, 0.2) is 48.5 Å². The third-order valence-electron chi connectivity index (χ3n) is 4.51. The van der Waals surface area contributed by atoms with Gasteiger partial charge in [0.25, 0.3) is 0 Å². The maximum atomic E-state index is 12.4. The number of alkyl carbamates (subject to hydrolysis) is 1. The third-order valence-corrected chi connectivity index (χ3v) is 4.51. The lowest BCUT2D eigenvalue weighted by Crippen LogP contribution is -2.39. The number of Topliss-reactive ketones (excluding diaryl/α,β-unsaturated/α-hetero) is 1. The zero-order chi connectivity index (χ0) is 24.4. The Morgan fingerprint density at radius 1 is 0.848 bits per heavy atom. The van der Waals surface area contributed by atoms with E-state index in [1.165, 1.54) is 0 Å². The van der Waals surface area contributed by atoms with E-state index in [-0.39, 0.29) is 37.6 Å². The summed E-state index contributed by atoms with van der Waals surface area (Å²) in [5.41, 5.74) is 2.24. The SMILES string of the molecule is Cc1ccc(C(=O)CCC(=O)Nc2ccccc2CNC(=O)CNC(=O)OC(C)(C)C)cc1. The van der Waals surface area contributed by atoms with E-state index in [1.54, 1.807) is 57.2 Å². The first kappa shape index (κ1) is 25.6. The van der Waals surface area contributed by atoms with Crippen molar-refractivity contribution in [3.05, 3.63) is 65.2 Å². The Morgan fingerprint density at radius 2 is 1.52 bits per heavy atom. The van der Waals surface area contributed by atoms with Gasteiger partial charge in [0.05, 0.1) is 0 Å². The summed E-state index contributed by atoms with van der Waals surface area (Å²) in [5.74, 6) is -0.783. The molecular formula is C25H31N3O5. The van der Waals surface area contributed by atoms with Crippen LogP contribution >= 0.6 is 0 Å². The molecule has 2 aromatic rings.